The first kappa shape index (κ1) is 18.4. The Balaban J connectivity index is 1.73. The summed E-state index contributed by atoms with van der Waals surface area (Å²) in [5, 5.41) is 5.90. The Morgan fingerprint density at radius 2 is 1.73 bits per heavy atom. The molecule has 1 heterocycles. The van der Waals surface area contributed by atoms with E-state index in [9.17, 15) is 9.59 Å². The zero-order chi connectivity index (χ0) is 18.7. The largest absolute Gasteiger partial charge is 0.465 e. The molecule has 0 bridgehead atoms. The number of benzene rings is 2. The Hall–Kier alpha value is -2.41. The van der Waals surface area contributed by atoms with E-state index in [2.05, 4.69) is 15.0 Å². The summed E-state index contributed by atoms with van der Waals surface area (Å²) >= 11 is 13.2. The predicted molar refractivity (Wildman–Crippen MR) is 103 cm³/mol. The van der Waals surface area contributed by atoms with Crippen LogP contribution in [-0.2, 0) is 4.74 Å². The molecule has 0 atom stereocenters. The molecule has 0 aliphatic carbocycles. The summed E-state index contributed by atoms with van der Waals surface area (Å²) in [5.74, 6) is -0.778. The number of nitrogens with zero attached hydrogens (tertiary/aromatic N) is 1. The van der Waals surface area contributed by atoms with E-state index in [1.807, 2.05) is 5.38 Å². The van der Waals surface area contributed by atoms with E-state index in [-0.39, 0.29) is 5.91 Å². The van der Waals surface area contributed by atoms with E-state index in [1.165, 1.54) is 30.6 Å². The lowest BCUT2D eigenvalue weighted by atomic mass is 10.1. The second-order valence-corrected chi connectivity index (χ2v) is 6.86. The Bertz CT molecular complexity index is 971. The number of nitrogens with one attached hydrogen (secondary N) is 1. The summed E-state index contributed by atoms with van der Waals surface area (Å²) in [6.07, 6.45) is 0. The average molecular weight is 407 g/mol. The fraction of sp³-hybridized carbons (Fsp3) is 0.0556. The van der Waals surface area contributed by atoms with Crippen molar-refractivity contribution in [2.45, 2.75) is 0 Å². The van der Waals surface area contributed by atoms with Gasteiger partial charge in [0.05, 0.1) is 28.4 Å². The van der Waals surface area contributed by atoms with Gasteiger partial charge in [-0.1, -0.05) is 29.3 Å². The monoisotopic (exact) mass is 406 g/mol. The molecule has 132 valence electrons. The Kier molecular flexibility index (Phi) is 5.56. The van der Waals surface area contributed by atoms with Crippen molar-refractivity contribution in [2.24, 2.45) is 0 Å². The summed E-state index contributed by atoms with van der Waals surface area (Å²) in [7, 11) is 1.30. The van der Waals surface area contributed by atoms with Gasteiger partial charge in [-0.3, -0.25) is 10.1 Å². The van der Waals surface area contributed by atoms with E-state index >= 15 is 0 Å². The van der Waals surface area contributed by atoms with Gasteiger partial charge in [0, 0.05) is 16.5 Å². The van der Waals surface area contributed by atoms with Crippen LogP contribution in [0.1, 0.15) is 20.7 Å². The highest BCUT2D eigenvalue weighted by Gasteiger charge is 2.12. The molecule has 0 fully saturated rings. The van der Waals surface area contributed by atoms with E-state index in [0.717, 1.165) is 5.56 Å². The maximum atomic E-state index is 12.3. The molecule has 26 heavy (non-hydrogen) atoms. The van der Waals surface area contributed by atoms with Crippen molar-refractivity contribution in [1.82, 2.24) is 4.98 Å². The van der Waals surface area contributed by atoms with Crippen molar-refractivity contribution in [3.63, 3.8) is 0 Å². The number of hydrogen-bond donors (Lipinski definition) is 1. The number of carbonyl (C=O) groups is 2. The molecular weight excluding hydrogens is 395 g/mol. The smallest absolute Gasteiger partial charge is 0.337 e. The summed E-state index contributed by atoms with van der Waals surface area (Å²) in [4.78, 5) is 28.1. The number of anilines is 1. The Morgan fingerprint density at radius 1 is 1.04 bits per heavy atom. The van der Waals surface area contributed by atoms with E-state index in [4.69, 9.17) is 23.2 Å². The van der Waals surface area contributed by atoms with Crippen LogP contribution >= 0.6 is 34.5 Å². The quantitative estimate of drug-likeness (QED) is 0.607. The lowest BCUT2D eigenvalue weighted by Crippen LogP contribution is -2.12. The van der Waals surface area contributed by atoms with Crippen molar-refractivity contribution >= 4 is 51.5 Å². The number of hydrogen-bond acceptors (Lipinski definition) is 5. The second-order valence-electron chi connectivity index (χ2n) is 5.19. The molecule has 5 nitrogen and oxygen atoms in total. The van der Waals surface area contributed by atoms with Crippen LogP contribution in [0.3, 0.4) is 0 Å². The van der Waals surface area contributed by atoms with Crippen molar-refractivity contribution < 1.29 is 14.3 Å². The maximum Gasteiger partial charge on any atom is 0.337 e. The van der Waals surface area contributed by atoms with Gasteiger partial charge in [-0.2, -0.15) is 0 Å². The van der Waals surface area contributed by atoms with Gasteiger partial charge in [0.25, 0.3) is 5.91 Å². The molecular formula is C18H12Cl2N2O3S. The first-order valence-electron chi connectivity index (χ1n) is 7.38. The number of aromatic nitrogens is 1. The van der Waals surface area contributed by atoms with E-state index in [0.29, 0.717) is 32.0 Å². The molecule has 0 aliphatic rings. The minimum absolute atomic E-state index is 0.323. The number of methoxy groups -OCH3 is 1. The molecule has 0 spiro atoms. The maximum absolute atomic E-state index is 12.3. The first-order chi connectivity index (χ1) is 12.5. The minimum Gasteiger partial charge on any atom is -0.465 e. The molecule has 3 aromatic rings. The molecule has 0 unspecified atom stereocenters. The van der Waals surface area contributed by atoms with Crippen molar-refractivity contribution in [3.8, 4) is 11.3 Å². The standard InChI is InChI=1S/C18H12Cl2N2O3S/c1-25-17(24)11-4-2-10(3-5-11)16(23)22-18-21-15(9-26-18)12-6-7-13(19)14(20)8-12/h2-9H,1H3,(H,21,22,23). The molecule has 0 saturated carbocycles. The summed E-state index contributed by atoms with van der Waals surface area (Å²) < 4.78 is 4.63. The van der Waals surface area contributed by atoms with Gasteiger partial charge in [-0.25, -0.2) is 9.78 Å². The number of esters is 1. The highest BCUT2D eigenvalue weighted by atomic mass is 35.5. The molecule has 1 amide bonds. The van der Waals surface area contributed by atoms with E-state index in [1.54, 1.807) is 30.3 Å². The number of ether oxygens (including phenoxy) is 1. The summed E-state index contributed by atoms with van der Waals surface area (Å²) in [6.45, 7) is 0. The molecule has 0 aliphatic heterocycles. The van der Waals surface area contributed by atoms with Gasteiger partial charge in [0.15, 0.2) is 5.13 Å². The van der Waals surface area contributed by atoms with Gasteiger partial charge < -0.3 is 4.74 Å². The van der Waals surface area contributed by atoms with Gasteiger partial charge in [0.1, 0.15) is 0 Å². The number of amides is 1. The van der Waals surface area contributed by atoms with Crippen LogP contribution in [0.25, 0.3) is 11.3 Å². The lowest BCUT2D eigenvalue weighted by Gasteiger charge is -2.03. The minimum atomic E-state index is -0.455. The third kappa shape index (κ3) is 4.04. The van der Waals surface area contributed by atoms with Gasteiger partial charge in [0.2, 0.25) is 0 Å². The highest BCUT2D eigenvalue weighted by molar-refractivity contribution is 7.14. The second kappa shape index (κ2) is 7.86. The Morgan fingerprint density at radius 3 is 2.38 bits per heavy atom. The fourth-order valence-corrected chi connectivity index (χ4v) is 3.18. The fourth-order valence-electron chi connectivity index (χ4n) is 2.16. The molecule has 1 aromatic heterocycles. The predicted octanol–water partition coefficient (Wildman–Crippen LogP) is 5.16. The topological polar surface area (TPSA) is 68.3 Å². The zero-order valence-electron chi connectivity index (χ0n) is 13.5. The third-order valence-corrected chi connectivity index (χ3v) is 5.00. The SMILES string of the molecule is COC(=O)c1ccc(C(=O)Nc2nc(-c3ccc(Cl)c(Cl)c3)cs2)cc1. The molecule has 2 aromatic carbocycles. The van der Waals surface area contributed by atoms with Crippen LogP contribution in [0.5, 0.6) is 0 Å². The number of carbonyl (C=O) groups excluding carboxylic acids is 2. The van der Waals surface area contributed by atoms with Crippen molar-refractivity contribution in [1.29, 1.82) is 0 Å². The third-order valence-electron chi connectivity index (χ3n) is 3.51. The van der Waals surface area contributed by atoms with Crippen LogP contribution in [-0.4, -0.2) is 24.0 Å². The average Bonchev–Trinajstić information content (AvgIpc) is 3.12. The van der Waals surface area contributed by atoms with Crippen LogP contribution < -0.4 is 5.32 Å². The first-order valence-corrected chi connectivity index (χ1v) is 9.02. The van der Waals surface area contributed by atoms with Crippen LogP contribution in [0.15, 0.2) is 47.8 Å². The van der Waals surface area contributed by atoms with Gasteiger partial charge >= 0.3 is 5.97 Å². The number of halogens is 2. The van der Waals surface area contributed by atoms with Gasteiger partial charge in [-0.05, 0) is 36.4 Å². The van der Waals surface area contributed by atoms with Gasteiger partial charge in [-0.15, -0.1) is 11.3 Å². The lowest BCUT2D eigenvalue weighted by molar-refractivity contribution is 0.0600. The Labute approximate surface area is 163 Å². The number of rotatable bonds is 4. The normalized spacial score (nSPS) is 10.4. The van der Waals surface area contributed by atoms with Crippen molar-refractivity contribution in [3.05, 3.63) is 69.0 Å². The summed E-state index contributed by atoms with van der Waals surface area (Å²) in [6, 6.07) is 11.4. The van der Waals surface area contributed by atoms with Crippen LogP contribution in [0.2, 0.25) is 10.0 Å². The zero-order valence-corrected chi connectivity index (χ0v) is 15.8. The highest BCUT2D eigenvalue weighted by Crippen LogP contribution is 2.30. The van der Waals surface area contributed by atoms with Crippen molar-refractivity contribution in [2.75, 3.05) is 12.4 Å². The molecule has 0 saturated heterocycles. The van der Waals surface area contributed by atoms with E-state index < -0.39 is 5.97 Å². The molecule has 3 rings (SSSR count). The summed E-state index contributed by atoms with van der Waals surface area (Å²) in [5.41, 5.74) is 2.27. The van der Waals surface area contributed by atoms with Crippen LogP contribution in [0, 0.1) is 0 Å². The molecule has 1 N–H and O–H groups in total. The number of thiazole rings is 1. The molecule has 0 radical (unpaired) electrons. The molecule has 8 heteroatoms. The van der Waals surface area contributed by atoms with Crippen LogP contribution in [0.4, 0.5) is 5.13 Å².